The minimum atomic E-state index is -0.554. The maximum Gasteiger partial charge on any atom is 0.271 e. The number of nitrogens with zero attached hydrogens (tertiary/aromatic N) is 8. The molecule has 12 rings (SSSR count). The lowest BCUT2D eigenvalue weighted by molar-refractivity contribution is 0.0933. The second-order valence-corrected chi connectivity index (χ2v) is 18.2. The van der Waals surface area contributed by atoms with E-state index in [-0.39, 0.29) is 70.5 Å². The normalized spacial score (nSPS) is 14.9. The monoisotopic (exact) mass is 1070 g/mol. The SMILES string of the molecule is CC.CC.Nc1nc(C(=O)NCC2CC3CCC2C3)c2cccc(F)c2n1.Nc1nc(C(=O)NCc2cccc3cccnc23)c2cccc(F)c2n1.Nc1nc(C(=O)NCc2nccc3ccccc23)c2cccc(F)c2n1. The van der Waals surface area contributed by atoms with Crippen molar-refractivity contribution in [2.45, 2.75) is 66.5 Å². The summed E-state index contributed by atoms with van der Waals surface area (Å²) in [5.41, 5.74) is 19.7. The van der Waals surface area contributed by atoms with Crippen molar-refractivity contribution in [1.82, 2.24) is 55.8 Å². The lowest BCUT2D eigenvalue weighted by Crippen LogP contribution is -2.32. The van der Waals surface area contributed by atoms with Crippen molar-refractivity contribution < 1.29 is 27.6 Å². The molecule has 0 saturated heterocycles. The molecule has 79 heavy (non-hydrogen) atoms. The fourth-order valence-electron chi connectivity index (χ4n) is 10.00. The summed E-state index contributed by atoms with van der Waals surface area (Å²) in [5.74, 6) is -1.10. The molecule has 0 radical (unpaired) electrons. The number of nitrogen functional groups attached to an aromatic ring is 3. The van der Waals surface area contributed by atoms with Crippen LogP contribution in [-0.4, -0.2) is 64.1 Å². The molecule has 5 aromatic carbocycles. The molecule has 3 amide bonds. The van der Waals surface area contributed by atoms with E-state index >= 15 is 0 Å². The quantitative estimate of drug-likeness (QED) is 0.0785. The van der Waals surface area contributed by atoms with E-state index in [9.17, 15) is 27.6 Å². The second-order valence-electron chi connectivity index (χ2n) is 18.2. The predicted octanol–water partition coefficient (Wildman–Crippen LogP) is 10.2. The molecular weight excluding hydrogens is 1010 g/mol. The van der Waals surface area contributed by atoms with Crippen molar-refractivity contribution in [2.75, 3.05) is 23.7 Å². The van der Waals surface area contributed by atoms with Crippen LogP contribution in [0.15, 0.2) is 128 Å². The summed E-state index contributed by atoms with van der Waals surface area (Å²) >= 11 is 0. The first-order valence-corrected chi connectivity index (χ1v) is 26.0. The average Bonchev–Trinajstić information content (AvgIpc) is 4.23. The van der Waals surface area contributed by atoms with Gasteiger partial charge in [0.2, 0.25) is 17.8 Å². The molecule has 17 nitrogen and oxygen atoms in total. The molecule has 3 unspecified atom stereocenters. The van der Waals surface area contributed by atoms with E-state index in [1.54, 1.807) is 36.7 Å². The number of aromatic nitrogens is 8. The summed E-state index contributed by atoms with van der Waals surface area (Å²) in [5, 5.41) is 12.5. The molecule has 2 aliphatic rings. The molecule has 2 aliphatic carbocycles. The number of nitrogens with one attached hydrogen (secondary N) is 3. The number of pyridine rings is 2. The third-order valence-corrected chi connectivity index (χ3v) is 13.5. The molecule has 2 bridgehead atoms. The highest BCUT2D eigenvalue weighted by molar-refractivity contribution is 6.06. The Kier molecular flexibility index (Phi) is 18.1. The molecular formula is C59H59F3N14O3. The highest BCUT2D eigenvalue weighted by Gasteiger charge is 2.39. The first kappa shape index (κ1) is 55.8. The second kappa shape index (κ2) is 25.6. The van der Waals surface area contributed by atoms with Gasteiger partial charge in [-0.2, -0.15) is 0 Å². The number of benzene rings is 5. The standard InChI is InChI=1S/2C19H14FN5O.C17H19FN4O.2C2H6/c20-14-8-2-7-13-16(14)24-19(21)25-17(13)18(26)23-10-12-5-1-4-11-6-3-9-22-15(11)12;20-14-7-3-6-13-16(14)24-19(21)25-17(13)18(26)23-10-15-12-5-2-1-4-11(12)8-9-22-15;18-13-3-1-2-12-14(13)21-17(19)22-15(12)16(23)20-8-11-7-9-4-5-10(11)6-9;2*1-2/h2*1-9H,10H2,(H,23,26)(H2,21,24,25);1-3,9-11H,4-8H2,(H,20,23)(H2,19,21,22);2*1-2H3. The third-order valence-electron chi connectivity index (χ3n) is 13.5. The molecule has 20 heteroatoms. The zero-order chi connectivity index (χ0) is 56.2. The highest BCUT2D eigenvalue weighted by atomic mass is 19.1. The van der Waals surface area contributed by atoms with Gasteiger partial charge in [0.05, 0.1) is 17.8 Å². The van der Waals surface area contributed by atoms with Gasteiger partial charge < -0.3 is 33.2 Å². The van der Waals surface area contributed by atoms with Gasteiger partial charge in [-0.1, -0.05) is 119 Å². The Labute approximate surface area is 453 Å². The van der Waals surface area contributed by atoms with Crippen molar-refractivity contribution in [3.63, 3.8) is 0 Å². The number of anilines is 3. The maximum atomic E-state index is 13.9. The lowest BCUT2D eigenvalue weighted by atomic mass is 9.89. The van der Waals surface area contributed by atoms with Crippen molar-refractivity contribution in [3.05, 3.63) is 173 Å². The Hall–Kier alpha value is -9.46. The van der Waals surface area contributed by atoms with E-state index in [0.717, 1.165) is 44.8 Å². The number of carbonyl (C=O) groups excluding carboxylic acids is 3. The van der Waals surface area contributed by atoms with Crippen molar-refractivity contribution >= 4 is 90.0 Å². The highest BCUT2D eigenvalue weighted by Crippen LogP contribution is 2.48. The fraction of sp³-hybridized carbons (Fsp3) is 0.237. The molecule has 5 heterocycles. The average molecular weight is 1070 g/mol. The van der Waals surface area contributed by atoms with E-state index in [1.165, 1.54) is 56.0 Å². The lowest BCUT2D eigenvalue weighted by Gasteiger charge is -2.21. The Morgan fingerprint density at radius 1 is 0.481 bits per heavy atom. The molecule has 404 valence electrons. The van der Waals surface area contributed by atoms with Crippen molar-refractivity contribution in [1.29, 1.82) is 0 Å². The van der Waals surface area contributed by atoms with Gasteiger partial charge in [0.25, 0.3) is 17.7 Å². The van der Waals surface area contributed by atoms with Gasteiger partial charge in [-0.05, 0) is 78.3 Å². The Morgan fingerprint density at radius 2 is 0.962 bits per heavy atom. The van der Waals surface area contributed by atoms with Crippen LogP contribution >= 0.6 is 0 Å². The maximum absolute atomic E-state index is 13.9. The molecule has 5 aromatic heterocycles. The van der Waals surface area contributed by atoms with Crippen molar-refractivity contribution in [3.8, 4) is 0 Å². The molecule has 0 spiro atoms. The van der Waals surface area contributed by atoms with Crippen LogP contribution in [0.5, 0.6) is 0 Å². The molecule has 9 N–H and O–H groups in total. The summed E-state index contributed by atoms with van der Waals surface area (Å²) < 4.78 is 41.8. The summed E-state index contributed by atoms with van der Waals surface area (Å²) in [4.78, 5) is 70.1. The first-order chi connectivity index (χ1) is 38.4. The van der Waals surface area contributed by atoms with Crippen molar-refractivity contribution in [2.24, 2.45) is 17.8 Å². The number of amides is 3. The number of hydrogen-bond donors (Lipinski definition) is 6. The number of hydrogen-bond acceptors (Lipinski definition) is 14. The minimum Gasteiger partial charge on any atom is -0.368 e. The number of carbonyl (C=O) groups is 3. The molecule has 2 saturated carbocycles. The predicted molar refractivity (Wildman–Crippen MR) is 302 cm³/mol. The van der Waals surface area contributed by atoms with E-state index in [4.69, 9.17) is 17.2 Å². The van der Waals surface area contributed by atoms with Crippen LogP contribution in [0.1, 0.15) is 96.1 Å². The zero-order valence-corrected chi connectivity index (χ0v) is 44.0. The molecule has 3 atom stereocenters. The van der Waals surface area contributed by atoms with Crippen LogP contribution in [0, 0.1) is 35.2 Å². The van der Waals surface area contributed by atoms with Crippen LogP contribution in [0.3, 0.4) is 0 Å². The van der Waals surface area contributed by atoms with Crippen LogP contribution in [0.25, 0.3) is 54.4 Å². The molecule has 2 fully saturated rings. The summed E-state index contributed by atoms with van der Waals surface area (Å²) in [6, 6.07) is 32.4. The van der Waals surface area contributed by atoms with Gasteiger partial charge in [-0.25, -0.2) is 43.1 Å². The summed E-state index contributed by atoms with van der Waals surface area (Å²) in [6.07, 6.45) is 8.51. The van der Waals surface area contributed by atoms with E-state index in [2.05, 4.69) is 55.8 Å². The Morgan fingerprint density at radius 3 is 1.49 bits per heavy atom. The minimum absolute atomic E-state index is 0.0217. The van der Waals surface area contributed by atoms with Gasteiger partial charge in [0, 0.05) is 52.4 Å². The van der Waals surface area contributed by atoms with E-state index in [0.29, 0.717) is 28.6 Å². The topological polar surface area (TPSA) is 268 Å². The smallest absolute Gasteiger partial charge is 0.271 e. The Balaban J connectivity index is 0.000000151. The van der Waals surface area contributed by atoms with Crippen LogP contribution in [0.4, 0.5) is 31.0 Å². The zero-order valence-electron chi connectivity index (χ0n) is 44.0. The number of halogens is 3. The first-order valence-electron chi connectivity index (χ1n) is 26.0. The Bertz CT molecular complexity index is 3660. The number of para-hydroxylation sites is 4. The van der Waals surface area contributed by atoms with Gasteiger partial charge in [0.15, 0.2) is 0 Å². The van der Waals surface area contributed by atoms with Crippen LogP contribution in [0.2, 0.25) is 0 Å². The van der Waals surface area contributed by atoms with Gasteiger partial charge in [-0.3, -0.25) is 24.4 Å². The number of nitrogens with two attached hydrogens (primary N) is 3. The van der Waals surface area contributed by atoms with E-state index < -0.39 is 29.3 Å². The largest absolute Gasteiger partial charge is 0.368 e. The third kappa shape index (κ3) is 12.7. The van der Waals surface area contributed by atoms with Gasteiger partial charge >= 0.3 is 0 Å². The van der Waals surface area contributed by atoms with E-state index in [1.807, 2.05) is 88.4 Å². The molecule has 10 aromatic rings. The van der Waals surface area contributed by atoms with Gasteiger partial charge in [0.1, 0.15) is 51.1 Å². The van der Waals surface area contributed by atoms with Crippen LogP contribution in [-0.2, 0) is 13.1 Å². The summed E-state index contributed by atoms with van der Waals surface area (Å²) in [7, 11) is 0. The molecule has 0 aliphatic heterocycles. The van der Waals surface area contributed by atoms with Gasteiger partial charge in [-0.15, -0.1) is 0 Å². The number of fused-ring (bicyclic) bond motifs is 7. The van der Waals surface area contributed by atoms with Crippen LogP contribution < -0.4 is 33.2 Å². The number of rotatable bonds is 9. The summed E-state index contributed by atoms with van der Waals surface area (Å²) in [6.45, 7) is 9.12. The fourth-order valence-corrected chi connectivity index (χ4v) is 10.00.